The fourth-order valence-corrected chi connectivity index (χ4v) is 2.97. The van der Waals surface area contributed by atoms with E-state index in [9.17, 15) is 5.11 Å². The summed E-state index contributed by atoms with van der Waals surface area (Å²) in [6.07, 6.45) is 4.86. The lowest BCUT2D eigenvalue weighted by atomic mass is 9.93. The fourth-order valence-electron chi connectivity index (χ4n) is 2.97. The van der Waals surface area contributed by atoms with Crippen molar-refractivity contribution in [2.75, 3.05) is 20.5 Å². The number of ether oxygens (including phenoxy) is 4. The second-order valence-electron chi connectivity index (χ2n) is 6.67. The van der Waals surface area contributed by atoms with E-state index in [1.807, 2.05) is 20.8 Å². The minimum atomic E-state index is -0.497. The van der Waals surface area contributed by atoms with Crippen molar-refractivity contribution in [2.24, 2.45) is 0 Å². The quantitative estimate of drug-likeness (QED) is 0.664. The second kappa shape index (κ2) is 8.44. The van der Waals surface area contributed by atoms with Crippen molar-refractivity contribution in [3.8, 4) is 0 Å². The normalized spacial score (nSPS) is 28.3. The van der Waals surface area contributed by atoms with Gasteiger partial charge in [-0.15, -0.1) is 0 Å². The van der Waals surface area contributed by atoms with Crippen molar-refractivity contribution >= 4 is 0 Å². The van der Waals surface area contributed by atoms with Gasteiger partial charge in [-0.05, 0) is 59.8 Å². The lowest BCUT2D eigenvalue weighted by Crippen LogP contribution is -2.43. The van der Waals surface area contributed by atoms with Crippen molar-refractivity contribution in [1.29, 1.82) is 0 Å². The van der Waals surface area contributed by atoms with Crippen LogP contribution in [0.3, 0.4) is 0 Å². The van der Waals surface area contributed by atoms with Gasteiger partial charge in [0.2, 0.25) is 0 Å². The molecule has 1 aliphatic rings. The third-order valence-corrected chi connectivity index (χ3v) is 3.93. The van der Waals surface area contributed by atoms with E-state index in [4.69, 9.17) is 18.9 Å². The van der Waals surface area contributed by atoms with Crippen LogP contribution in [0.5, 0.6) is 0 Å². The van der Waals surface area contributed by atoms with Crippen molar-refractivity contribution in [3.63, 3.8) is 0 Å². The zero-order valence-electron chi connectivity index (χ0n) is 14.2. The summed E-state index contributed by atoms with van der Waals surface area (Å²) in [5.74, 6) is -0.497. The van der Waals surface area contributed by atoms with E-state index >= 15 is 0 Å². The first kappa shape index (κ1) is 18.8. The molecule has 1 N–H and O–H groups in total. The topological polar surface area (TPSA) is 57.2 Å². The summed E-state index contributed by atoms with van der Waals surface area (Å²) in [7, 11) is 1.61. The molecule has 0 aliphatic carbocycles. The number of hydrogen-bond donors (Lipinski definition) is 1. The fraction of sp³-hybridized carbons (Fsp3) is 1.00. The van der Waals surface area contributed by atoms with Crippen LogP contribution in [0.25, 0.3) is 0 Å². The maximum atomic E-state index is 9.19. The summed E-state index contributed by atoms with van der Waals surface area (Å²) >= 11 is 0. The predicted molar refractivity (Wildman–Crippen MR) is 81.0 cm³/mol. The van der Waals surface area contributed by atoms with Crippen LogP contribution in [0, 0.1) is 0 Å². The summed E-state index contributed by atoms with van der Waals surface area (Å²) in [6.45, 7) is 8.43. The second-order valence-corrected chi connectivity index (χ2v) is 6.67. The van der Waals surface area contributed by atoms with E-state index < -0.39 is 5.79 Å². The SMILES string of the molecule is COCO[C@](C)(CCO)CCC[C@@H]1C[C@@H](C)OC(C)(C)O1. The van der Waals surface area contributed by atoms with Crippen LogP contribution in [0.1, 0.15) is 59.8 Å². The Morgan fingerprint density at radius 2 is 2.00 bits per heavy atom. The average Bonchev–Trinajstić information content (AvgIpc) is 2.34. The Bertz CT molecular complexity index is 294. The van der Waals surface area contributed by atoms with E-state index in [-0.39, 0.29) is 31.2 Å². The molecular weight excluding hydrogens is 272 g/mol. The van der Waals surface area contributed by atoms with E-state index in [2.05, 4.69) is 6.92 Å². The smallest absolute Gasteiger partial charge is 0.163 e. The first-order chi connectivity index (χ1) is 9.80. The molecule has 0 amide bonds. The number of hydrogen-bond acceptors (Lipinski definition) is 5. The number of rotatable bonds is 9. The molecule has 0 bridgehead atoms. The molecule has 5 heteroatoms. The standard InChI is InChI=1S/C16H32O5/c1-13-11-14(21-15(2,3)20-13)7-6-8-16(4,9-10-17)19-12-18-5/h13-14,17H,6-12H2,1-5H3/t13-,14-,16+/m1/s1. The summed E-state index contributed by atoms with van der Waals surface area (Å²) in [6, 6.07) is 0. The van der Waals surface area contributed by atoms with Crippen LogP contribution in [-0.4, -0.2) is 49.2 Å². The van der Waals surface area contributed by atoms with Crippen molar-refractivity contribution in [2.45, 2.75) is 83.4 Å². The lowest BCUT2D eigenvalue weighted by Gasteiger charge is -2.40. The van der Waals surface area contributed by atoms with E-state index in [0.29, 0.717) is 6.42 Å². The average molecular weight is 304 g/mol. The molecule has 1 saturated heterocycles. The molecule has 0 aromatic heterocycles. The minimum absolute atomic E-state index is 0.123. The van der Waals surface area contributed by atoms with Crippen LogP contribution in [0.15, 0.2) is 0 Å². The van der Waals surface area contributed by atoms with Gasteiger partial charge in [-0.2, -0.15) is 0 Å². The van der Waals surface area contributed by atoms with Gasteiger partial charge < -0.3 is 24.1 Å². The van der Waals surface area contributed by atoms with Crippen molar-refractivity contribution < 1.29 is 24.1 Å². The molecule has 1 aliphatic heterocycles. The molecule has 21 heavy (non-hydrogen) atoms. The Hall–Kier alpha value is -0.200. The van der Waals surface area contributed by atoms with Crippen LogP contribution in [0.4, 0.5) is 0 Å². The molecule has 5 nitrogen and oxygen atoms in total. The number of methoxy groups -OCH3 is 1. The van der Waals surface area contributed by atoms with Gasteiger partial charge in [0, 0.05) is 13.7 Å². The molecule has 0 radical (unpaired) electrons. The molecule has 0 aromatic carbocycles. The summed E-state index contributed by atoms with van der Waals surface area (Å²) < 4.78 is 22.4. The van der Waals surface area contributed by atoms with Gasteiger partial charge in [-0.1, -0.05) is 0 Å². The molecule has 126 valence electrons. The maximum absolute atomic E-state index is 9.19. The number of aliphatic hydroxyl groups excluding tert-OH is 1. The zero-order chi connectivity index (χ0) is 15.9. The van der Waals surface area contributed by atoms with Gasteiger partial charge in [0.1, 0.15) is 6.79 Å². The van der Waals surface area contributed by atoms with Crippen LogP contribution in [0.2, 0.25) is 0 Å². The molecule has 3 atom stereocenters. The van der Waals surface area contributed by atoms with Gasteiger partial charge in [-0.25, -0.2) is 0 Å². The van der Waals surface area contributed by atoms with E-state index in [1.165, 1.54) is 0 Å². The monoisotopic (exact) mass is 304 g/mol. The summed E-state index contributed by atoms with van der Waals surface area (Å²) in [5, 5.41) is 9.19. The Morgan fingerprint density at radius 3 is 2.57 bits per heavy atom. The first-order valence-electron chi connectivity index (χ1n) is 7.89. The molecular formula is C16H32O5. The van der Waals surface area contributed by atoms with Crippen molar-refractivity contribution in [1.82, 2.24) is 0 Å². The molecule has 1 rings (SSSR count). The van der Waals surface area contributed by atoms with Gasteiger partial charge in [-0.3, -0.25) is 0 Å². The van der Waals surface area contributed by atoms with Gasteiger partial charge in [0.15, 0.2) is 5.79 Å². The number of aliphatic hydroxyl groups is 1. The molecule has 1 heterocycles. The molecule has 0 aromatic rings. The van der Waals surface area contributed by atoms with Gasteiger partial charge in [0.25, 0.3) is 0 Å². The van der Waals surface area contributed by atoms with E-state index in [1.54, 1.807) is 7.11 Å². The molecule has 0 saturated carbocycles. The Balaban J connectivity index is 2.39. The van der Waals surface area contributed by atoms with Crippen molar-refractivity contribution in [3.05, 3.63) is 0 Å². The zero-order valence-corrected chi connectivity index (χ0v) is 14.2. The van der Waals surface area contributed by atoms with E-state index in [0.717, 1.165) is 25.7 Å². The third kappa shape index (κ3) is 7.06. The highest BCUT2D eigenvalue weighted by Crippen LogP contribution is 2.30. The van der Waals surface area contributed by atoms with Crippen LogP contribution >= 0.6 is 0 Å². The first-order valence-corrected chi connectivity index (χ1v) is 7.89. The maximum Gasteiger partial charge on any atom is 0.163 e. The van der Waals surface area contributed by atoms with Gasteiger partial charge in [0.05, 0.1) is 17.8 Å². The Labute approximate surface area is 128 Å². The third-order valence-electron chi connectivity index (χ3n) is 3.93. The molecule has 0 unspecified atom stereocenters. The minimum Gasteiger partial charge on any atom is -0.396 e. The molecule has 0 spiro atoms. The van der Waals surface area contributed by atoms with Crippen LogP contribution in [-0.2, 0) is 18.9 Å². The highest BCUT2D eigenvalue weighted by molar-refractivity contribution is 4.78. The Kier molecular flexibility index (Phi) is 7.57. The largest absolute Gasteiger partial charge is 0.396 e. The highest BCUT2D eigenvalue weighted by atomic mass is 16.7. The predicted octanol–water partition coefficient (Wildman–Crippen LogP) is 2.85. The van der Waals surface area contributed by atoms with Gasteiger partial charge >= 0.3 is 0 Å². The Morgan fingerprint density at radius 1 is 1.29 bits per heavy atom. The highest BCUT2D eigenvalue weighted by Gasteiger charge is 2.33. The molecule has 1 fully saturated rings. The van der Waals surface area contributed by atoms with Crippen LogP contribution < -0.4 is 0 Å². The summed E-state index contributed by atoms with van der Waals surface area (Å²) in [5.41, 5.74) is -0.336. The summed E-state index contributed by atoms with van der Waals surface area (Å²) in [4.78, 5) is 0. The lowest BCUT2D eigenvalue weighted by molar-refractivity contribution is -0.297.